The molecule has 0 saturated heterocycles. The van der Waals surface area contributed by atoms with Gasteiger partial charge in [-0.2, -0.15) is 0 Å². The van der Waals surface area contributed by atoms with Crippen molar-refractivity contribution in [1.82, 2.24) is 4.98 Å². The monoisotopic (exact) mass is 383 g/mol. The fraction of sp³-hybridized carbons (Fsp3) is 0.267. The lowest BCUT2D eigenvalue weighted by atomic mass is 10.1. The van der Waals surface area contributed by atoms with E-state index in [1.54, 1.807) is 6.92 Å². The molecule has 2 aromatic heterocycles. The zero-order valence-electron chi connectivity index (χ0n) is 13.0. The molecule has 0 unspecified atom stereocenters. The Kier molecular flexibility index (Phi) is 4.31. The summed E-state index contributed by atoms with van der Waals surface area (Å²) in [6, 6.07) is 0. The third-order valence-corrected chi connectivity index (χ3v) is 5.18. The molecule has 1 aliphatic carbocycles. The highest BCUT2D eigenvalue weighted by atomic mass is 35.5. The van der Waals surface area contributed by atoms with Gasteiger partial charge in [0.1, 0.15) is 21.3 Å². The summed E-state index contributed by atoms with van der Waals surface area (Å²) >= 11 is 7.21. The van der Waals surface area contributed by atoms with Crippen molar-refractivity contribution in [2.24, 2.45) is 5.73 Å². The Morgan fingerprint density at radius 3 is 2.68 bits per heavy atom. The van der Waals surface area contributed by atoms with Gasteiger partial charge in [-0.25, -0.2) is 9.78 Å². The highest BCUT2D eigenvalue weighted by Gasteiger charge is 2.45. The highest BCUT2D eigenvalue weighted by molar-refractivity contribution is 7.21. The van der Waals surface area contributed by atoms with Crippen molar-refractivity contribution in [3.8, 4) is 5.88 Å². The number of hydrogen-bond acceptors (Lipinski definition) is 8. The van der Waals surface area contributed by atoms with Crippen LogP contribution < -0.4 is 16.2 Å². The van der Waals surface area contributed by atoms with Crippen LogP contribution in [-0.4, -0.2) is 40.8 Å². The van der Waals surface area contributed by atoms with Crippen molar-refractivity contribution in [2.75, 3.05) is 18.9 Å². The van der Waals surface area contributed by atoms with Gasteiger partial charge in [0.25, 0.3) is 5.91 Å². The molecule has 0 radical (unpaired) electrons. The minimum atomic E-state index is -1.48. The molecule has 3 rings (SSSR count). The van der Waals surface area contributed by atoms with Gasteiger partial charge in [-0.3, -0.25) is 4.79 Å². The van der Waals surface area contributed by atoms with E-state index in [0.29, 0.717) is 15.8 Å². The lowest BCUT2D eigenvalue weighted by Gasteiger charge is -2.12. The molecule has 0 aliphatic heterocycles. The first kappa shape index (κ1) is 17.5. The minimum absolute atomic E-state index is 0.0280. The number of aliphatic hydroxyl groups is 1. The summed E-state index contributed by atoms with van der Waals surface area (Å²) in [5.74, 6) is -1.42. The van der Waals surface area contributed by atoms with Gasteiger partial charge in [-0.15, -0.1) is 11.3 Å². The maximum absolute atomic E-state index is 12.4. The van der Waals surface area contributed by atoms with E-state index in [-0.39, 0.29) is 34.7 Å². The Bertz CT molecular complexity index is 918. The van der Waals surface area contributed by atoms with Crippen molar-refractivity contribution < 1.29 is 24.2 Å². The number of nitrogen functional groups attached to an aromatic ring is 1. The molecular formula is C15H14ClN3O5S. The SMILES string of the molecule is Cc1c(Cl)c(OCCO)nc2sc(C(=O)OC3(C(N)=O)C=C3)c(N)c12. The van der Waals surface area contributed by atoms with Crippen molar-refractivity contribution in [1.29, 1.82) is 0 Å². The largest absolute Gasteiger partial charge is 0.474 e. The molecule has 25 heavy (non-hydrogen) atoms. The van der Waals surface area contributed by atoms with Crippen LogP contribution in [0.5, 0.6) is 5.88 Å². The topological polar surface area (TPSA) is 138 Å². The molecule has 132 valence electrons. The van der Waals surface area contributed by atoms with Crippen LogP contribution >= 0.6 is 22.9 Å². The van der Waals surface area contributed by atoms with Crippen molar-refractivity contribution >= 4 is 50.7 Å². The maximum atomic E-state index is 12.4. The fourth-order valence-electron chi connectivity index (χ4n) is 2.23. The number of nitrogens with zero attached hydrogens (tertiary/aromatic N) is 1. The van der Waals surface area contributed by atoms with Gasteiger partial charge in [0.2, 0.25) is 11.5 Å². The summed E-state index contributed by atoms with van der Waals surface area (Å²) in [5.41, 5.74) is 10.5. The van der Waals surface area contributed by atoms with Gasteiger partial charge in [-0.1, -0.05) is 11.6 Å². The number of carbonyl (C=O) groups excluding carboxylic acids is 2. The molecule has 10 heteroatoms. The zero-order chi connectivity index (χ0) is 18.4. The predicted molar refractivity (Wildman–Crippen MR) is 92.8 cm³/mol. The van der Waals surface area contributed by atoms with Crippen LogP contribution in [0.4, 0.5) is 5.69 Å². The number of primary amides is 1. The van der Waals surface area contributed by atoms with Crippen LogP contribution in [0.15, 0.2) is 12.2 Å². The zero-order valence-corrected chi connectivity index (χ0v) is 14.6. The second kappa shape index (κ2) is 6.17. The van der Waals surface area contributed by atoms with E-state index >= 15 is 0 Å². The number of halogens is 1. The Balaban J connectivity index is 2.00. The molecule has 1 aliphatic rings. The molecule has 0 atom stereocenters. The Morgan fingerprint density at radius 2 is 2.12 bits per heavy atom. The van der Waals surface area contributed by atoms with E-state index in [0.717, 1.165) is 11.3 Å². The minimum Gasteiger partial charge on any atom is -0.474 e. The molecule has 0 saturated carbocycles. The van der Waals surface area contributed by atoms with Crippen LogP contribution in [0.2, 0.25) is 5.02 Å². The summed E-state index contributed by atoms with van der Waals surface area (Å²) in [6.07, 6.45) is 2.77. The number of rotatable bonds is 6. The summed E-state index contributed by atoms with van der Waals surface area (Å²) in [6.45, 7) is 1.55. The van der Waals surface area contributed by atoms with Gasteiger partial charge < -0.3 is 26.0 Å². The maximum Gasteiger partial charge on any atom is 0.352 e. The smallest absolute Gasteiger partial charge is 0.352 e. The molecule has 0 spiro atoms. The summed E-state index contributed by atoms with van der Waals surface area (Å²) in [5, 5.41) is 9.61. The van der Waals surface area contributed by atoms with Gasteiger partial charge in [0.05, 0.1) is 12.3 Å². The first-order valence-electron chi connectivity index (χ1n) is 7.16. The van der Waals surface area contributed by atoms with Crippen LogP contribution in [0.1, 0.15) is 15.2 Å². The molecule has 0 aromatic carbocycles. The molecule has 2 aromatic rings. The van der Waals surface area contributed by atoms with E-state index in [1.807, 2.05) is 0 Å². The number of fused-ring (bicyclic) bond motifs is 1. The number of aromatic nitrogens is 1. The standard InChI is InChI=1S/C15H14ClN3O5S/c1-6-7-9(17)10(13(21)24-15(2-3-15)14(18)22)25-12(7)19-11(8(6)16)23-5-4-20/h2-3,20H,4-5,17H2,1H3,(H2,18,22). The quantitative estimate of drug-likeness (QED) is 0.502. The number of ether oxygens (including phenoxy) is 2. The lowest BCUT2D eigenvalue weighted by Crippen LogP contribution is -2.36. The average Bonchev–Trinajstić information content (AvgIpc) is 3.27. The predicted octanol–water partition coefficient (Wildman–Crippen LogP) is 1.16. The summed E-state index contributed by atoms with van der Waals surface area (Å²) in [4.78, 5) is 28.5. The van der Waals surface area contributed by atoms with Gasteiger partial charge in [0, 0.05) is 5.39 Å². The number of hydrogen-bond donors (Lipinski definition) is 3. The average molecular weight is 384 g/mol. The number of carbonyl (C=O) groups is 2. The second-order valence-electron chi connectivity index (χ2n) is 5.33. The molecule has 1 amide bonds. The number of pyridine rings is 1. The fourth-order valence-corrected chi connectivity index (χ4v) is 3.45. The number of thiophene rings is 1. The number of aliphatic hydroxyl groups excluding tert-OH is 1. The van der Waals surface area contributed by atoms with Crippen LogP contribution in [0.25, 0.3) is 10.2 Å². The number of nitrogens with two attached hydrogens (primary N) is 2. The summed E-state index contributed by atoms with van der Waals surface area (Å²) < 4.78 is 10.4. The van der Waals surface area contributed by atoms with E-state index < -0.39 is 17.5 Å². The number of anilines is 1. The first-order valence-corrected chi connectivity index (χ1v) is 8.35. The number of amides is 1. The van der Waals surface area contributed by atoms with Crippen LogP contribution in [0.3, 0.4) is 0 Å². The Hall–Kier alpha value is -2.36. The van der Waals surface area contributed by atoms with Crippen LogP contribution in [-0.2, 0) is 9.53 Å². The van der Waals surface area contributed by atoms with Crippen molar-refractivity contribution in [3.63, 3.8) is 0 Å². The van der Waals surface area contributed by atoms with E-state index in [1.165, 1.54) is 12.2 Å². The molecule has 2 heterocycles. The lowest BCUT2D eigenvalue weighted by molar-refractivity contribution is -0.127. The van der Waals surface area contributed by atoms with E-state index in [2.05, 4.69) is 4.98 Å². The third kappa shape index (κ3) is 2.90. The molecular weight excluding hydrogens is 370 g/mol. The first-order chi connectivity index (χ1) is 11.8. The number of aryl methyl sites for hydroxylation is 1. The Labute approximate surface area is 151 Å². The second-order valence-corrected chi connectivity index (χ2v) is 6.71. The van der Waals surface area contributed by atoms with Crippen molar-refractivity contribution in [2.45, 2.75) is 12.5 Å². The Morgan fingerprint density at radius 1 is 1.44 bits per heavy atom. The van der Waals surface area contributed by atoms with Gasteiger partial charge >= 0.3 is 5.97 Å². The normalized spacial score (nSPS) is 14.5. The molecule has 0 fully saturated rings. The molecule has 0 bridgehead atoms. The third-order valence-electron chi connectivity index (χ3n) is 3.65. The van der Waals surface area contributed by atoms with Gasteiger partial charge in [-0.05, 0) is 24.6 Å². The molecule has 8 nitrogen and oxygen atoms in total. The number of esters is 1. The summed E-state index contributed by atoms with van der Waals surface area (Å²) in [7, 11) is 0. The van der Waals surface area contributed by atoms with Crippen LogP contribution in [0, 0.1) is 6.92 Å². The van der Waals surface area contributed by atoms with Crippen molar-refractivity contribution in [3.05, 3.63) is 27.6 Å². The van der Waals surface area contributed by atoms with E-state index in [4.69, 9.17) is 37.6 Å². The molecule has 5 N–H and O–H groups in total. The highest BCUT2D eigenvalue weighted by Crippen LogP contribution is 2.41. The van der Waals surface area contributed by atoms with E-state index in [9.17, 15) is 9.59 Å². The van der Waals surface area contributed by atoms with Gasteiger partial charge in [0.15, 0.2) is 0 Å².